The molecule has 0 amide bonds. The molecule has 3 rings (SSSR count). The molecule has 0 fully saturated rings. The minimum Gasteiger partial charge on any atom is -0.462 e. The van der Waals surface area contributed by atoms with Gasteiger partial charge >= 0.3 is 12.1 Å². The fourth-order valence-corrected chi connectivity index (χ4v) is 2.78. The van der Waals surface area contributed by atoms with Crippen LogP contribution in [0.25, 0.3) is 11.3 Å². The Bertz CT molecular complexity index is 1140. The van der Waals surface area contributed by atoms with Crippen LogP contribution < -0.4 is 10.6 Å². The van der Waals surface area contributed by atoms with Gasteiger partial charge in [0.15, 0.2) is 0 Å². The summed E-state index contributed by atoms with van der Waals surface area (Å²) in [7, 11) is 0. The summed E-state index contributed by atoms with van der Waals surface area (Å²) in [4.78, 5) is 24.6. The lowest BCUT2D eigenvalue weighted by molar-refractivity contribution is -0.137. The number of nitrogens with zero attached hydrogens (tertiary/aromatic N) is 4. The second kappa shape index (κ2) is 10.4. The highest BCUT2D eigenvalue weighted by Crippen LogP contribution is 2.29. The SMILES string of the molecule is CCOC(=O)c1cnc(NCCNc2ccc(C(F)(F)F)cn2)nc1-c1ccc(C#N)cc1. The van der Waals surface area contributed by atoms with Crippen LogP contribution in [0.1, 0.15) is 28.4 Å². The molecule has 0 atom stereocenters. The third-order valence-electron chi connectivity index (χ3n) is 4.38. The summed E-state index contributed by atoms with van der Waals surface area (Å²) in [5.41, 5.74) is 0.768. The van der Waals surface area contributed by atoms with E-state index in [1.54, 1.807) is 31.2 Å². The molecule has 2 heterocycles. The number of hydrogen-bond acceptors (Lipinski definition) is 8. The number of anilines is 2. The molecule has 2 aromatic heterocycles. The number of ether oxygens (including phenoxy) is 1. The molecule has 0 aliphatic heterocycles. The number of carbonyl (C=O) groups excluding carboxylic acids is 1. The van der Waals surface area contributed by atoms with Crippen LogP contribution in [0.2, 0.25) is 0 Å². The summed E-state index contributed by atoms with van der Waals surface area (Å²) in [6.07, 6.45) is -2.32. The molecule has 0 saturated carbocycles. The van der Waals surface area contributed by atoms with Gasteiger partial charge in [-0.25, -0.2) is 19.7 Å². The normalized spacial score (nSPS) is 10.9. The topological polar surface area (TPSA) is 113 Å². The monoisotopic (exact) mass is 456 g/mol. The number of carbonyl (C=O) groups is 1. The molecule has 0 bridgehead atoms. The van der Waals surface area contributed by atoms with Crippen molar-refractivity contribution in [2.45, 2.75) is 13.1 Å². The molecule has 0 radical (unpaired) electrons. The lowest BCUT2D eigenvalue weighted by atomic mass is 10.1. The molecule has 0 aliphatic rings. The van der Waals surface area contributed by atoms with Crippen molar-refractivity contribution in [3.8, 4) is 17.3 Å². The molecule has 33 heavy (non-hydrogen) atoms. The van der Waals surface area contributed by atoms with Gasteiger partial charge in [-0.05, 0) is 31.2 Å². The van der Waals surface area contributed by atoms with Gasteiger partial charge < -0.3 is 15.4 Å². The first-order valence-electron chi connectivity index (χ1n) is 9.87. The first kappa shape index (κ1) is 23.5. The number of benzene rings is 1. The van der Waals surface area contributed by atoms with Crippen molar-refractivity contribution in [3.05, 3.63) is 65.5 Å². The minimum atomic E-state index is -4.44. The molecule has 3 aromatic rings. The van der Waals surface area contributed by atoms with E-state index in [-0.39, 0.29) is 18.1 Å². The van der Waals surface area contributed by atoms with Crippen LogP contribution in [0.3, 0.4) is 0 Å². The van der Waals surface area contributed by atoms with Crippen molar-refractivity contribution < 1.29 is 22.7 Å². The largest absolute Gasteiger partial charge is 0.462 e. The Hall–Kier alpha value is -4.20. The molecule has 0 unspecified atom stereocenters. The molecular formula is C22H19F3N6O2. The Kier molecular flexibility index (Phi) is 7.40. The average molecular weight is 456 g/mol. The van der Waals surface area contributed by atoms with Crippen molar-refractivity contribution in [1.29, 1.82) is 5.26 Å². The third-order valence-corrected chi connectivity index (χ3v) is 4.38. The Morgan fingerprint density at radius 2 is 1.79 bits per heavy atom. The van der Waals surface area contributed by atoms with Crippen LogP contribution in [0.5, 0.6) is 0 Å². The third kappa shape index (κ3) is 6.16. The average Bonchev–Trinajstić information content (AvgIpc) is 2.81. The minimum absolute atomic E-state index is 0.180. The molecule has 1 aromatic carbocycles. The Morgan fingerprint density at radius 1 is 1.06 bits per heavy atom. The Balaban J connectivity index is 1.69. The summed E-state index contributed by atoms with van der Waals surface area (Å²) in [5, 5.41) is 14.9. The van der Waals surface area contributed by atoms with Crippen LogP contribution >= 0.6 is 0 Å². The molecule has 0 aliphatic carbocycles. The van der Waals surface area contributed by atoms with E-state index in [4.69, 9.17) is 10.00 Å². The van der Waals surface area contributed by atoms with E-state index >= 15 is 0 Å². The molecule has 0 spiro atoms. The van der Waals surface area contributed by atoms with Gasteiger partial charge in [0.05, 0.1) is 29.5 Å². The summed E-state index contributed by atoms with van der Waals surface area (Å²) < 4.78 is 42.9. The highest BCUT2D eigenvalue weighted by atomic mass is 19.4. The summed E-state index contributed by atoms with van der Waals surface area (Å²) >= 11 is 0. The standard InChI is InChI=1S/C22H19F3N6O2/c1-2-33-20(32)17-13-30-21(31-19(17)15-5-3-14(11-26)4-6-15)28-10-9-27-18-8-7-16(12-29-18)22(23,24)25/h3-8,12-13H,2,9-10H2,1H3,(H,27,29)(H,28,30,31). The first-order valence-corrected chi connectivity index (χ1v) is 9.87. The number of halogens is 3. The van der Waals surface area contributed by atoms with Gasteiger partial charge in [0.1, 0.15) is 11.4 Å². The second-order valence-electron chi connectivity index (χ2n) is 6.65. The van der Waals surface area contributed by atoms with Crippen molar-refractivity contribution >= 4 is 17.7 Å². The number of alkyl halides is 3. The summed E-state index contributed by atoms with van der Waals surface area (Å²) in [6, 6.07) is 10.8. The fourth-order valence-electron chi connectivity index (χ4n) is 2.78. The second-order valence-corrected chi connectivity index (χ2v) is 6.65. The van der Waals surface area contributed by atoms with E-state index in [0.717, 1.165) is 12.3 Å². The van der Waals surface area contributed by atoms with Gasteiger partial charge in [-0.15, -0.1) is 0 Å². The van der Waals surface area contributed by atoms with Crippen LogP contribution in [-0.2, 0) is 10.9 Å². The predicted octanol–water partition coefficient (Wildman–Crippen LogP) is 4.13. The highest BCUT2D eigenvalue weighted by Gasteiger charge is 2.30. The molecule has 170 valence electrons. The zero-order chi connectivity index (χ0) is 23.8. The number of pyridine rings is 1. The van der Waals surface area contributed by atoms with Gasteiger partial charge in [-0.3, -0.25) is 0 Å². The molecule has 0 saturated heterocycles. The number of rotatable bonds is 8. The van der Waals surface area contributed by atoms with E-state index in [0.29, 0.717) is 35.7 Å². The van der Waals surface area contributed by atoms with E-state index < -0.39 is 17.7 Å². The lowest BCUT2D eigenvalue weighted by Gasteiger charge is -2.12. The van der Waals surface area contributed by atoms with Crippen LogP contribution in [0, 0.1) is 11.3 Å². The highest BCUT2D eigenvalue weighted by molar-refractivity contribution is 5.96. The van der Waals surface area contributed by atoms with Crippen LogP contribution in [0.4, 0.5) is 24.9 Å². The lowest BCUT2D eigenvalue weighted by Crippen LogP contribution is -2.17. The zero-order valence-corrected chi connectivity index (χ0v) is 17.5. The summed E-state index contributed by atoms with van der Waals surface area (Å²) in [5.74, 6) is -0.0373. The first-order chi connectivity index (χ1) is 15.8. The number of hydrogen-bond donors (Lipinski definition) is 2. The molecule has 8 nitrogen and oxygen atoms in total. The Labute approximate surface area is 187 Å². The van der Waals surface area contributed by atoms with Crippen molar-refractivity contribution in [1.82, 2.24) is 15.0 Å². The maximum atomic E-state index is 12.6. The van der Waals surface area contributed by atoms with Crippen molar-refractivity contribution in [2.75, 3.05) is 30.3 Å². The van der Waals surface area contributed by atoms with Crippen molar-refractivity contribution in [2.24, 2.45) is 0 Å². The zero-order valence-electron chi connectivity index (χ0n) is 17.5. The molecule has 2 N–H and O–H groups in total. The summed E-state index contributed by atoms with van der Waals surface area (Å²) in [6.45, 7) is 2.53. The van der Waals surface area contributed by atoms with Gasteiger partial charge in [-0.2, -0.15) is 18.4 Å². The van der Waals surface area contributed by atoms with E-state index in [9.17, 15) is 18.0 Å². The maximum Gasteiger partial charge on any atom is 0.417 e. The van der Waals surface area contributed by atoms with Gasteiger partial charge in [-0.1, -0.05) is 12.1 Å². The number of nitriles is 1. The van der Waals surface area contributed by atoms with E-state index in [1.807, 2.05) is 6.07 Å². The van der Waals surface area contributed by atoms with Crippen LogP contribution in [-0.4, -0.2) is 40.6 Å². The quantitative estimate of drug-likeness (QED) is 0.384. The van der Waals surface area contributed by atoms with Gasteiger partial charge in [0.25, 0.3) is 0 Å². The van der Waals surface area contributed by atoms with E-state index in [2.05, 4.69) is 25.6 Å². The van der Waals surface area contributed by atoms with Crippen molar-refractivity contribution in [3.63, 3.8) is 0 Å². The number of aromatic nitrogens is 3. The fraction of sp³-hybridized carbons (Fsp3) is 0.227. The van der Waals surface area contributed by atoms with Gasteiger partial charge in [0, 0.05) is 31.0 Å². The number of esters is 1. The van der Waals surface area contributed by atoms with E-state index in [1.165, 1.54) is 12.3 Å². The Morgan fingerprint density at radius 3 is 2.39 bits per heavy atom. The van der Waals surface area contributed by atoms with Gasteiger partial charge in [0.2, 0.25) is 5.95 Å². The maximum absolute atomic E-state index is 12.6. The molecular weight excluding hydrogens is 437 g/mol. The number of nitrogens with one attached hydrogen (secondary N) is 2. The predicted molar refractivity (Wildman–Crippen MR) is 114 cm³/mol. The van der Waals surface area contributed by atoms with Crippen LogP contribution in [0.15, 0.2) is 48.8 Å². The smallest absolute Gasteiger partial charge is 0.417 e. The molecule has 11 heteroatoms.